The molecule has 1 unspecified atom stereocenters. The minimum atomic E-state index is -1.68. The third-order valence-corrected chi connectivity index (χ3v) is 5.70. The highest BCUT2D eigenvalue weighted by molar-refractivity contribution is 6.05. The highest BCUT2D eigenvalue weighted by Gasteiger charge is 2.42. The van der Waals surface area contributed by atoms with Crippen LogP contribution in [-0.4, -0.2) is 60.8 Å². The number of likely N-dealkylation sites (N-methyl/N-ethyl adjacent to an activating group) is 1. The quantitative estimate of drug-likeness (QED) is 0.415. The monoisotopic (exact) mass is 440 g/mol. The van der Waals surface area contributed by atoms with Crippen molar-refractivity contribution in [2.45, 2.75) is 12.0 Å². The van der Waals surface area contributed by atoms with Crippen LogP contribution in [0, 0.1) is 11.8 Å². The molecule has 4 N–H and O–H groups in total. The molecule has 1 saturated heterocycles. The lowest BCUT2D eigenvalue weighted by Gasteiger charge is -2.13. The molecule has 33 heavy (non-hydrogen) atoms. The maximum Gasteiger partial charge on any atom is 0.269 e. The first-order valence-corrected chi connectivity index (χ1v) is 10.3. The predicted octanol–water partition coefficient (Wildman–Crippen LogP) is 1.46. The van der Waals surface area contributed by atoms with E-state index in [0.717, 1.165) is 5.56 Å². The number of rotatable bonds is 3. The number of aliphatic hydroxyl groups is 1. The molecule has 0 aliphatic carbocycles. The minimum absolute atomic E-state index is 0.142. The second-order valence-corrected chi connectivity index (χ2v) is 7.93. The van der Waals surface area contributed by atoms with Crippen LogP contribution in [0.2, 0.25) is 0 Å². The topological polar surface area (TPSA) is 130 Å². The van der Waals surface area contributed by atoms with Gasteiger partial charge in [-0.3, -0.25) is 9.59 Å². The third kappa shape index (κ3) is 3.52. The van der Waals surface area contributed by atoms with Gasteiger partial charge in [0.15, 0.2) is 5.69 Å². The van der Waals surface area contributed by atoms with Crippen LogP contribution in [0.3, 0.4) is 0 Å². The number of fused-ring (bicyclic) bond motifs is 1. The largest absolute Gasteiger partial charge is 0.369 e. The summed E-state index contributed by atoms with van der Waals surface area (Å²) in [6.45, 7) is 0.458. The Kier molecular flexibility index (Phi) is 4.73. The fraction of sp³-hybridized carbons (Fsp3) is 0.167. The third-order valence-electron chi connectivity index (χ3n) is 5.70. The molecule has 0 spiro atoms. The van der Waals surface area contributed by atoms with E-state index in [4.69, 9.17) is 5.73 Å². The van der Waals surface area contributed by atoms with Gasteiger partial charge in [-0.15, -0.1) is 0 Å². The molecule has 1 atom stereocenters. The average Bonchev–Trinajstić information content (AvgIpc) is 3.54. The SMILES string of the molecule is CN1CCC(O)(C#Cc2cccc(-n3nc(C(N)=O)c4cc(-c5ncc[nH]5)ccc43)c2)C1=O. The highest BCUT2D eigenvalue weighted by atomic mass is 16.3. The number of H-pyrrole nitrogens is 1. The van der Waals surface area contributed by atoms with Crippen LogP contribution in [0.1, 0.15) is 22.5 Å². The standard InChI is InChI=1S/C24H20N6O3/c1-29-12-9-24(33,23(29)32)8-7-15-3-2-4-17(13-15)30-19-6-5-16(22-26-10-11-27-22)14-18(19)20(28-30)21(25)31/h2-6,10-11,13-14,33H,9,12H2,1H3,(H2,25,31)(H,26,27). The van der Waals surface area contributed by atoms with E-state index >= 15 is 0 Å². The van der Waals surface area contributed by atoms with Crippen LogP contribution in [0.5, 0.6) is 0 Å². The second-order valence-electron chi connectivity index (χ2n) is 7.93. The van der Waals surface area contributed by atoms with E-state index in [9.17, 15) is 14.7 Å². The second kappa shape index (κ2) is 7.62. The van der Waals surface area contributed by atoms with Gasteiger partial charge in [0.05, 0.1) is 11.2 Å². The Bertz CT molecular complexity index is 1460. The Balaban J connectivity index is 1.57. The number of likely N-dealkylation sites (tertiary alicyclic amines) is 1. The molecular formula is C24H20N6O3. The fourth-order valence-corrected chi connectivity index (χ4v) is 3.93. The Morgan fingerprint density at radius 2 is 2.12 bits per heavy atom. The van der Waals surface area contributed by atoms with Crippen molar-refractivity contribution in [3.8, 4) is 28.9 Å². The van der Waals surface area contributed by atoms with Crippen molar-refractivity contribution < 1.29 is 14.7 Å². The van der Waals surface area contributed by atoms with E-state index in [1.807, 2.05) is 24.3 Å². The summed E-state index contributed by atoms with van der Waals surface area (Å²) in [5, 5.41) is 15.6. The number of hydrogen-bond donors (Lipinski definition) is 3. The molecule has 1 aliphatic rings. The van der Waals surface area contributed by atoms with Gasteiger partial charge >= 0.3 is 0 Å². The van der Waals surface area contributed by atoms with Crippen LogP contribution >= 0.6 is 0 Å². The first kappa shape index (κ1) is 20.5. The number of amides is 2. The Labute approximate surface area is 188 Å². The lowest BCUT2D eigenvalue weighted by molar-refractivity contribution is -0.137. The number of imidazole rings is 1. The Hall–Kier alpha value is -4.42. The average molecular weight is 440 g/mol. The van der Waals surface area contributed by atoms with E-state index in [1.54, 1.807) is 42.3 Å². The van der Waals surface area contributed by atoms with Gasteiger partial charge in [0, 0.05) is 48.9 Å². The molecule has 1 aliphatic heterocycles. The van der Waals surface area contributed by atoms with Crippen LogP contribution in [0.4, 0.5) is 0 Å². The molecule has 0 bridgehead atoms. The number of carbonyl (C=O) groups excluding carboxylic acids is 2. The molecule has 0 radical (unpaired) electrons. The summed E-state index contributed by atoms with van der Waals surface area (Å²) < 4.78 is 1.62. The van der Waals surface area contributed by atoms with Crippen molar-refractivity contribution in [3.63, 3.8) is 0 Å². The van der Waals surface area contributed by atoms with E-state index < -0.39 is 17.4 Å². The zero-order valence-corrected chi connectivity index (χ0v) is 17.7. The summed E-state index contributed by atoms with van der Waals surface area (Å²) in [5.41, 5.74) is 6.81. The lowest BCUT2D eigenvalue weighted by atomic mass is 10.0. The van der Waals surface area contributed by atoms with Gasteiger partial charge in [0.2, 0.25) is 5.60 Å². The molecule has 1 fully saturated rings. The summed E-state index contributed by atoms with van der Waals surface area (Å²) in [7, 11) is 1.64. The molecule has 2 aromatic heterocycles. The van der Waals surface area contributed by atoms with Crippen molar-refractivity contribution in [2.24, 2.45) is 5.73 Å². The summed E-state index contributed by atoms with van der Waals surface area (Å²) in [4.78, 5) is 33.0. The van der Waals surface area contributed by atoms with Crippen molar-refractivity contribution >= 4 is 22.7 Å². The van der Waals surface area contributed by atoms with E-state index in [1.165, 1.54) is 4.90 Å². The summed E-state index contributed by atoms with van der Waals surface area (Å²) in [6.07, 6.45) is 3.63. The number of hydrogen-bond acceptors (Lipinski definition) is 5. The van der Waals surface area contributed by atoms with Crippen LogP contribution in [-0.2, 0) is 4.79 Å². The number of aromatic nitrogens is 4. The van der Waals surface area contributed by atoms with Gasteiger partial charge in [-0.05, 0) is 36.4 Å². The van der Waals surface area contributed by atoms with Gasteiger partial charge in [-0.1, -0.05) is 17.9 Å². The molecule has 2 amide bonds. The molecule has 5 rings (SSSR count). The van der Waals surface area contributed by atoms with Gasteiger partial charge < -0.3 is 20.7 Å². The Morgan fingerprint density at radius 1 is 1.27 bits per heavy atom. The van der Waals surface area contributed by atoms with E-state index in [0.29, 0.717) is 34.5 Å². The van der Waals surface area contributed by atoms with E-state index in [-0.39, 0.29) is 12.1 Å². The van der Waals surface area contributed by atoms with Gasteiger partial charge in [-0.25, -0.2) is 9.67 Å². The van der Waals surface area contributed by atoms with E-state index in [2.05, 4.69) is 26.9 Å². The van der Waals surface area contributed by atoms with Gasteiger partial charge in [0.25, 0.3) is 11.8 Å². The maximum absolute atomic E-state index is 12.2. The first-order valence-electron chi connectivity index (χ1n) is 10.3. The van der Waals surface area contributed by atoms with Gasteiger partial charge in [-0.2, -0.15) is 5.10 Å². The summed E-state index contributed by atoms with van der Waals surface area (Å²) in [5.74, 6) is 5.25. The number of aromatic amines is 1. The van der Waals surface area contributed by atoms with Gasteiger partial charge in [0.1, 0.15) is 5.82 Å². The molecule has 164 valence electrons. The molecule has 9 heteroatoms. The number of nitrogens with two attached hydrogens (primary N) is 1. The predicted molar refractivity (Wildman–Crippen MR) is 121 cm³/mol. The van der Waals surface area contributed by atoms with Crippen LogP contribution < -0.4 is 5.73 Å². The number of nitrogens with one attached hydrogen (secondary N) is 1. The molecule has 9 nitrogen and oxygen atoms in total. The summed E-state index contributed by atoms with van der Waals surface area (Å²) in [6, 6.07) is 12.7. The van der Waals surface area contributed by atoms with Crippen LogP contribution in [0.15, 0.2) is 54.9 Å². The highest BCUT2D eigenvalue weighted by Crippen LogP contribution is 2.27. The summed E-state index contributed by atoms with van der Waals surface area (Å²) >= 11 is 0. The van der Waals surface area contributed by atoms with Crippen LogP contribution in [0.25, 0.3) is 28.0 Å². The van der Waals surface area contributed by atoms with Crippen molar-refractivity contribution in [1.82, 2.24) is 24.6 Å². The molecule has 4 aromatic rings. The molecular weight excluding hydrogens is 420 g/mol. The van der Waals surface area contributed by atoms with Crippen molar-refractivity contribution in [3.05, 3.63) is 66.1 Å². The zero-order chi connectivity index (χ0) is 23.2. The molecule has 0 saturated carbocycles. The first-order chi connectivity index (χ1) is 15.9. The minimum Gasteiger partial charge on any atom is -0.369 e. The van der Waals surface area contributed by atoms with Crippen molar-refractivity contribution in [1.29, 1.82) is 0 Å². The maximum atomic E-state index is 12.2. The zero-order valence-electron chi connectivity index (χ0n) is 17.7. The smallest absolute Gasteiger partial charge is 0.269 e. The number of benzene rings is 2. The number of primary amides is 1. The Morgan fingerprint density at radius 3 is 2.82 bits per heavy atom. The lowest BCUT2D eigenvalue weighted by Crippen LogP contribution is -2.37. The molecule has 3 heterocycles. The number of nitrogens with zero attached hydrogens (tertiary/aromatic N) is 4. The number of carbonyl (C=O) groups is 2. The normalized spacial score (nSPS) is 17.9. The fourth-order valence-electron chi connectivity index (χ4n) is 3.93. The van der Waals surface area contributed by atoms with Crippen molar-refractivity contribution in [2.75, 3.05) is 13.6 Å². The molecule has 2 aromatic carbocycles.